The highest BCUT2D eigenvalue weighted by Crippen LogP contribution is 2.32. The van der Waals surface area contributed by atoms with Gasteiger partial charge < -0.3 is 14.8 Å². The zero-order valence-electron chi connectivity index (χ0n) is 15.0. The fourth-order valence-electron chi connectivity index (χ4n) is 2.64. The van der Waals surface area contributed by atoms with Gasteiger partial charge >= 0.3 is 0 Å². The highest BCUT2D eigenvalue weighted by Gasteiger charge is 2.17. The van der Waals surface area contributed by atoms with Crippen LogP contribution in [-0.2, 0) is 6.42 Å². The van der Waals surface area contributed by atoms with Crippen molar-refractivity contribution >= 4 is 39.9 Å². The largest absolute Gasteiger partial charge is 0.454 e. The summed E-state index contributed by atoms with van der Waals surface area (Å²) >= 11 is 7.26. The Bertz CT molecular complexity index is 1070. The molecular weight excluding hydrogens is 416 g/mol. The van der Waals surface area contributed by atoms with Gasteiger partial charge in [0.25, 0.3) is 11.8 Å². The molecule has 1 aliphatic heterocycles. The Labute approximate surface area is 174 Å². The van der Waals surface area contributed by atoms with Gasteiger partial charge in [-0.2, -0.15) is 0 Å². The number of benzene rings is 2. The average molecular weight is 431 g/mol. The molecule has 0 spiro atoms. The van der Waals surface area contributed by atoms with E-state index >= 15 is 0 Å². The summed E-state index contributed by atoms with van der Waals surface area (Å²) < 4.78 is 10.5. The number of ether oxygens (including phenoxy) is 2. The van der Waals surface area contributed by atoms with Crippen molar-refractivity contribution in [3.8, 4) is 11.5 Å². The fraction of sp³-hybridized carbons (Fsp3) is 0.158. The second kappa shape index (κ2) is 8.46. The molecule has 0 fully saturated rings. The fourth-order valence-corrected chi connectivity index (χ4v) is 3.59. The molecule has 0 saturated heterocycles. The molecule has 0 saturated carbocycles. The SMILES string of the molecule is O=C(Nc1nnc(CCNC(=O)c2ccccc2Cl)s1)c1ccc2c(c1)OCO2. The number of hydrogen-bond donors (Lipinski definition) is 2. The first-order chi connectivity index (χ1) is 14.1. The molecule has 2 aromatic carbocycles. The van der Waals surface area contributed by atoms with Crippen LogP contribution in [0.4, 0.5) is 5.13 Å². The van der Waals surface area contributed by atoms with Gasteiger partial charge in [-0.25, -0.2) is 0 Å². The zero-order chi connectivity index (χ0) is 20.2. The van der Waals surface area contributed by atoms with Crippen molar-refractivity contribution in [1.29, 1.82) is 0 Å². The Hall–Kier alpha value is -3.17. The van der Waals surface area contributed by atoms with Gasteiger partial charge in [-0.3, -0.25) is 14.9 Å². The third-order valence-corrected chi connectivity index (χ3v) is 5.29. The molecule has 2 heterocycles. The lowest BCUT2D eigenvalue weighted by Crippen LogP contribution is -2.25. The summed E-state index contributed by atoms with van der Waals surface area (Å²) in [4.78, 5) is 24.5. The number of hydrogen-bond acceptors (Lipinski definition) is 7. The lowest BCUT2D eigenvalue weighted by molar-refractivity contribution is 0.0953. The highest BCUT2D eigenvalue weighted by molar-refractivity contribution is 7.15. The van der Waals surface area contributed by atoms with Gasteiger partial charge in [-0.15, -0.1) is 10.2 Å². The van der Waals surface area contributed by atoms with E-state index in [4.69, 9.17) is 21.1 Å². The van der Waals surface area contributed by atoms with Crippen LogP contribution in [0.15, 0.2) is 42.5 Å². The molecule has 0 aliphatic carbocycles. The van der Waals surface area contributed by atoms with E-state index in [1.807, 2.05) is 0 Å². The van der Waals surface area contributed by atoms with E-state index in [2.05, 4.69) is 20.8 Å². The molecule has 0 bridgehead atoms. The third kappa shape index (κ3) is 4.47. The number of halogens is 1. The van der Waals surface area contributed by atoms with Crippen molar-refractivity contribution in [1.82, 2.24) is 15.5 Å². The Morgan fingerprint density at radius 1 is 1.07 bits per heavy atom. The van der Waals surface area contributed by atoms with Crippen molar-refractivity contribution < 1.29 is 19.1 Å². The summed E-state index contributed by atoms with van der Waals surface area (Å²) in [5.74, 6) is 0.568. The summed E-state index contributed by atoms with van der Waals surface area (Å²) in [5.41, 5.74) is 0.848. The van der Waals surface area contributed by atoms with E-state index in [9.17, 15) is 9.59 Å². The Morgan fingerprint density at radius 3 is 2.76 bits per heavy atom. The van der Waals surface area contributed by atoms with Crippen molar-refractivity contribution in [3.05, 3.63) is 63.6 Å². The maximum Gasteiger partial charge on any atom is 0.257 e. The van der Waals surface area contributed by atoms with Crippen molar-refractivity contribution in [3.63, 3.8) is 0 Å². The molecule has 1 aliphatic rings. The standard InChI is InChI=1S/C19H15ClN4O4S/c20-13-4-2-1-3-12(13)18(26)21-8-7-16-23-24-19(29-16)22-17(25)11-5-6-14-15(9-11)28-10-27-14/h1-6,9H,7-8,10H2,(H,21,26)(H,22,24,25). The lowest BCUT2D eigenvalue weighted by atomic mass is 10.2. The molecule has 1 aromatic heterocycles. The van der Waals surface area contributed by atoms with Crippen LogP contribution in [0, 0.1) is 0 Å². The van der Waals surface area contributed by atoms with Gasteiger partial charge in [-0.05, 0) is 30.3 Å². The maximum atomic E-state index is 12.4. The van der Waals surface area contributed by atoms with Crippen LogP contribution in [-0.4, -0.2) is 35.3 Å². The normalized spacial score (nSPS) is 11.9. The van der Waals surface area contributed by atoms with Crippen LogP contribution >= 0.6 is 22.9 Å². The minimum atomic E-state index is -0.321. The first kappa shape index (κ1) is 19.2. The zero-order valence-corrected chi connectivity index (χ0v) is 16.5. The number of anilines is 1. The van der Waals surface area contributed by atoms with Crippen molar-refractivity contribution in [2.75, 3.05) is 18.7 Å². The minimum Gasteiger partial charge on any atom is -0.454 e. The Morgan fingerprint density at radius 2 is 1.90 bits per heavy atom. The molecule has 3 aromatic rings. The Balaban J connectivity index is 1.30. The molecule has 4 rings (SSSR count). The third-order valence-electron chi connectivity index (χ3n) is 4.06. The predicted molar refractivity (Wildman–Crippen MR) is 108 cm³/mol. The van der Waals surface area contributed by atoms with Crippen LogP contribution in [0.1, 0.15) is 25.7 Å². The summed E-state index contributed by atoms with van der Waals surface area (Å²) in [5, 5.41) is 15.0. The van der Waals surface area contributed by atoms with Crippen LogP contribution in [0.5, 0.6) is 11.5 Å². The molecule has 2 N–H and O–H groups in total. The molecule has 10 heteroatoms. The van der Waals surface area contributed by atoms with Gasteiger partial charge in [0, 0.05) is 18.5 Å². The van der Waals surface area contributed by atoms with Gasteiger partial charge in [0.2, 0.25) is 11.9 Å². The van der Waals surface area contributed by atoms with Gasteiger partial charge in [0.15, 0.2) is 11.5 Å². The summed E-state index contributed by atoms with van der Waals surface area (Å²) in [7, 11) is 0. The number of fused-ring (bicyclic) bond motifs is 1. The van der Waals surface area contributed by atoms with E-state index in [1.54, 1.807) is 42.5 Å². The van der Waals surface area contributed by atoms with E-state index in [-0.39, 0.29) is 18.6 Å². The maximum absolute atomic E-state index is 12.4. The molecule has 148 valence electrons. The van der Waals surface area contributed by atoms with E-state index in [0.29, 0.717) is 50.8 Å². The highest BCUT2D eigenvalue weighted by atomic mass is 35.5. The second-order valence-corrected chi connectivity index (χ2v) is 7.48. The molecule has 0 unspecified atom stereocenters. The number of rotatable bonds is 6. The number of nitrogens with zero attached hydrogens (tertiary/aromatic N) is 2. The smallest absolute Gasteiger partial charge is 0.257 e. The van der Waals surface area contributed by atoms with Crippen LogP contribution in [0.3, 0.4) is 0 Å². The number of carbonyl (C=O) groups is 2. The monoisotopic (exact) mass is 430 g/mol. The topological polar surface area (TPSA) is 102 Å². The van der Waals surface area contributed by atoms with Gasteiger partial charge in [0.05, 0.1) is 10.6 Å². The predicted octanol–water partition coefficient (Wildman–Crippen LogP) is 3.15. The van der Waals surface area contributed by atoms with E-state index in [1.165, 1.54) is 11.3 Å². The van der Waals surface area contributed by atoms with Gasteiger partial charge in [-0.1, -0.05) is 35.1 Å². The summed E-state index contributed by atoms with van der Waals surface area (Å²) in [6.07, 6.45) is 0.480. The van der Waals surface area contributed by atoms with Crippen molar-refractivity contribution in [2.24, 2.45) is 0 Å². The molecule has 2 amide bonds. The number of aromatic nitrogens is 2. The summed E-state index contributed by atoms with van der Waals surface area (Å²) in [6.45, 7) is 0.516. The quantitative estimate of drug-likeness (QED) is 0.622. The second-order valence-electron chi connectivity index (χ2n) is 6.01. The van der Waals surface area contributed by atoms with Gasteiger partial charge in [0.1, 0.15) is 5.01 Å². The molecule has 29 heavy (non-hydrogen) atoms. The van der Waals surface area contributed by atoms with E-state index in [0.717, 1.165) is 0 Å². The average Bonchev–Trinajstić information content (AvgIpc) is 3.36. The molecule has 0 radical (unpaired) electrons. The minimum absolute atomic E-state index is 0.146. The van der Waals surface area contributed by atoms with E-state index < -0.39 is 0 Å². The van der Waals surface area contributed by atoms with Crippen LogP contribution < -0.4 is 20.1 Å². The first-order valence-electron chi connectivity index (χ1n) is 8.66. The number of amides is 2. The number of carbonyl (C=O) groups excluding carboxylic acids is 2. The van der Waals surface area contributed by atoms with Crippen molar-refractivity contribution in [2.45, 2.75) is 6.42 Å². The Kier molecular flexibility index (Phi) is 5.59. The lowest BCUT2D eigenvalue weighted by Gasteiger charge is -2.05. The molecule has 0 atom stereocenters. The molecular formula is C19H15ClN4O4S. The molecule has 8 nitrogen and oxygen atoms in total. The summed E-state index contributed by atoms with van der Waals surface area (Å²) in [6, 6.07) is 11.8. The first-order valence-corrected chi connectivity index (χ1v) is 9.86. The number of nitrogens with one attached hydrogen (secondary N) is 2. The van der Waals surface area contributed by atoms with Crippen LogP contribution in [0.2, 0.25) is 5.02 Å². The van der Waals surface area contributed by atoms with Crippen LogP contribution in [0.25, 0.3) is 0 Å².